The molecule has 0 heterocycles. The fourth-order valence-electron chi connectivity index (χ4n) is 1.48. The van der Waals surface area contributed by atoms with E-state index >= 15 is 0 Å². The molecule has 3 unspecified atom stereocenters. The van der Waals surface area contributed by atoms with Gasteiger partial charge in [0, 0.05) is 16.5 Å². The van der Waals surface area contributed by atoms with Gasteiger partial charge in [0.15, 0.2) is 0 Å². The van der Waals surface area contributed by atoms with Crippen molar-refractivity contribution in [2.24, 2.45) is 0 Å². The zero-order valence-corrected chi connectivity index (χ0v) is 10.7. The average Bonchev–Trinajstić information content (AvgIpc) is 2.18. The smallest absolute Gasteiger partial charge is 0.0547 e. The van der Waals surface area contributed by atoms with Crippen LogP contribution in [0.15, 0.2) is 0 Å². The van der Waals surface area contributed by atoms with Crippen LogP contribution in [-0.4, -0.2) is 34.8 Å². The number of hydrogen-bond acceptors (Lipinski definition) is 3. The zero-order chi connectivity index (χ0) is 11.0. The molecule has 3 atom stereocenters. The van der Waals surface area contributed by atoms with Crippen molar-refractivity contribution >= 4 is 11.8 Å². The molecule has 0 aromatic carbocycles. The minimum atomic E-state index is 0.277. The summed E-state index contributed by atoms with van der Waals surface area (Å²) in [6, 6.07) is 0.578. The van der Waals surface area contributed by atoms with E-state index in [-0.39, 0.29) is 6.61 Å². The lowest BCUT2D eigenvalue weighted by Crippen LogP contribution is -2.37. The minimum absolute atomic E-state index is 0.277. The molecule has 0 rings (SSSR count). The summed E-state index contributed by atoms with van der Waals surface area (Å²) in [6.07, 6.45) is 2.34. The van der Waals surface area contributed by atoms with Gasteiger partial charge < -0.3 is 10.4 Å². The second-order valence-electron chi connectivity index (χ2n) is 3.80. The SMILES string of the molecule is CCCNC(CC)C(C)SC(C)CO. The first-order valence-electron chi connectivity index (χ1n) is 5.65. The van der Waals surface area contributed by atoms with Gasteiger partial charge in [-0.05, 0) is 19.4 Å². The molecular formula is C11H25NOS. The van der Waals surface area contributed by atoms with Crippen LogP contribution in [0.1, 0.15) is 40.5 Å². The van der Waals surface area contributed by atoms with Gasteiger partial charge in [0.2, 0.25) is 0 Å². The van der Waals surface area contributed by atoms with Crippen LogP contribution in [0.2, 0.25) is 0 Å². The van der Waals surface area contributed by atoms with E-state index in [1.807, 2.05) is 11.8 Å². The van der Waals surface area contributed by atoms with Gasteiger partial charge in [-0.15, -0.1) is 0 Å². The molecule has 0 aliphatic rings. The second-order valence-corrected chi connectivity index (χ2v) is 5.62. The lowest BCUT2D eigenvalue weighted by Gasteiger charge is -2.25. The number of aliphatic hydroxyl groups is 1. The number of nitrogens with one attached hydrogen (secondary N) is 1. The van der Waals surface area contributed by atoms with E-state index in [1.54, 1.807) is 0 Å². The van der Waals surface area contributed by atoms with Crippen molar-refractivity contribution in [2.45, 2.75) is 57.1 Å². The summed E-state index contributed by atoms with van der Waals surface area (Å²) in [5.41, 5.74) is 0. The van der Waals surface area contributed by atoms with Crippen molar-refractivity contribution in [3.8, 4) is 0 Å². The molecule has 14 heavy (non-hydrogen) atoms. The van der Waals surface area contributed by atoms with Gasteiger partial charge in [-0.25, -0.2) is 0 Å². The van der Waals surface area contributed by atoms with Crippen LogP contribution in [0.25, 0.3) is 0 Å². The standard InChI is InChI=1S/C11H25NOS/c1-5-7-12-11(6-2)10(4)14-9(3)8-13/h9-13H,5-8H2,1-4H3. The first-order chi connectivity index (χ1) is 6.65. The summed E-state index contributed by atoms with van der Waals surface area (Å²) >= 11 is 1.87. The molecule has 86 valence electrons. The molecule has 0 bridgehead atoms. The third-order valence-electron chi connectivity index (χ3n) is 2.37. The molecule has 0 aliphatic carbocycles. The summed E-state index contributed by atoms with van der Waals surface area (Å²) in [7, 11) is 0. The molecule has 0 saturated carbocycles. The Kier molecular flexibility index (Phi) is 8.73. The van der Waals surface area contributed by atoms with Crippen molar-refractivity contribution in [3.05, 3.63) is 0 Å². The van der Waals surface area contributed by atoms with Gasteiger partial charge >= 0.3 is 0 Å². The Morgan fingerprint density at radius 3 is 2.36 bits per heavy atom. The minimum Gasteiger partial charge on any atom is -0.395 e. The largest absolute Gasteiger partial charge is 0.395 e. The van der Waals surface area contributed by atoms with Crippen LogP contribution in [0.4, 0.5) is 0 Å². The average molecular weight is 219 g/mol. The molecule has 2 nitrogen and oxygen atoms in total. The molecule has 2 N–H and O–H groups in total. The number of thioether (sulfide) groups is 1. The van der Waals surface area contributed by atoms with Gasteiger partial charge in [0.25, 0.3) is 0 Å². The molecular weight excluding hydrogens is 194 g/mol. The molecule has 0 radical (unpaired) electrons. The Balaban J connectivity index is 3.83. The van der Waals surface area contributed by atoms with E-state index in [0.29, 0.717) is 16.5 Å². The van der Waals surface area contributed by atoms with Crippen molar-refractivity contribution in [1.82, 2.24) is 5.32 Å². The Hall–Kier alpha value is 0.270. The highest BCUT2D eigenvalue weighted by Crippen LogP contribution is 2.21. The highest BCUT2D eigenvalue weighted by molar-refractivity contribution is 8.00. The monoisotopic (exact) mass is 219 g/mol. The van der Waals surface area contributed by atoms with Crippen LogP contribution in [0, 0.1) is 0 Å². The molecule has 0 aromatic rings. The highest BCUT2D eigenvalue weighted by atomic mass is 32.2. The van der Waals surface area contributed by atoms with Crippen molar-refractivity contribution < 1.29 is 5.11 Å². The quantitative estimate of drug-likeness (QED) is 0.657. The molecule has 0 fully saturated rings. The van der Waals surface area contributed by atoms with Gasteiger partial charge in [-0.2, -0.15) is 11.8 Å². The molecule has 0 amide bonds. The topological polar surface area (TPSA) is 32.3 Å². The first kappa shape index (κ1) is 14.3. The summed E-state index contributed by atoms with van der Waals surface area (Å²) in [4.78, 5) is 0. The maximum atomic E-state index is 8.97. The number of rotatable bonds is 8. The van der Waals surface area contributed by atoms with E-state index < -0.39 is 0 Å². The van der Waals surface area contributed by atoms with Crippen molar-refractivity contribution in [1.29, 1.82) is 0 Å². The molecule has 0 saturated heterocycles. The molecule has 0 spiro atoms. The third kappa shape index (κ3) is 5.89. The number of hydrogen-bond donors (Lipinski definition) is 2. The van der Waals surface area contributed by atoms with Crippen LogP contribution >= 0.6 is 11.8 Å². The summed E-state index contributed by atoms with van der Waals surface area (Å²) in [6.45, 7) is 10.1. The molecule has 3 heteroatoms. The van der Waals surface area contributed by atoms with Crippen LogP contribution in [-0.2, 0) is 0 Å². The van der Waals surface area contributed by atoms with E-state index in [9.17, 15) is 0 Å². The predicted octanol–water partition coefficient (Wildman–Crippen LogP) is 2.27. The summed E-state index contributed by atoms with van der Waals surface area (Å²) in [5.74, 6) is 0. The van der Waals surface area contributed by atoms with Gasteiger partial charge in [-0.3, -0.25) is 0 Å². The first-order valence-corrected chi connectivity index (χ1v) is 6.59. The Morgan fingerprint density at radius 1 is 1.29 bits per heavy atom. The maximum Gasteiger partial charge on any atom is 0.0547 e. The van der Waals surface area contributed by atoms with E-state index in [0.717, 1.165) is 13.0 Å². The third-order valence-corrected chi connectivity index (χ3v) is 3.74. The van der Waals surface area contributed by atoms with E-state index in [4.69, 9.17) is 5.11 Å². The molecule has 0 aromatic heterocycles. The summed E-state index contributed by atoms with van der Waals surface area (Å²) in [5, 5.41) is 13.4. The summed E-state index contributed by atoms with van der Waals surface area (Å²) < 4.78 is 0. The van der Waals surface area contributed by atoms with Crippen LogP contribution in [0.3, 0.4) is 0 Å². The Bertz CT molecular complexity index is 132. The van der Waals surface area contributed by atoms with Gasteiger partial charge in [0.05, 0.1) is 6.61 Å². The van der Waals surface area contributed by atoms with E-state index in [2.05, 4.69) is 33.0 Å². The predicted molar refractivity (Wildman–Crippen MR) is 66.0 cm³/mol. The fourth-order valence-corrected chi connectivity index (χ4v) is 2.77. The van der Waals surface area contributed by atoms with Gasteiger partial charge in [0.1, 0.15) is 0 Å². The second kappa shape index (κ2) is 8.57. The van der Waals surface area contributed by atoms with E-state index in [1.165, 1.54) is 6.42 Å². The van der Waals surface area contributed by atoms with Crippen LogP contribution in [0.5, 0.6) is 0 Å². The molecule has 0 aliphatic heterocycles. The zero-order valence-electron chi connectivity index (χ0n) is 9.92. The lowest BCUT2D eigenvalue weighted by atomic mass is 10.1. The lowest BCUT2D eigenvalue weighted by molar-refractivity contribution is 0.299. The normalized spacial score (nSPS) is 17.8. The van der Waals surface area contributed by atoms with Gasteiger partial charge in [-0.1, -0.05) is 27.7 Å². The Labute approximate surface area is 92.9 Å². The van der Waals surface area contributed by atoms with Crippen molar-refractivity contribution in [2.75, 3.05) is 13.2 Å². The Morgan fingerprint density at radius 2 is 1.93 bits per heavy atom. The van der Waals surface area contributed by atoms with Crippen LogP contribution < -0.4 is 5.32 Å². The van der Waals surface area contributed by atoms with Crippen molar-refractivity contribution in [3.63, 3.8) is 0 Å². The maximum absolute atomic E-state index is 8.97. The number of aliphatic hydroxyl groups excluding tert-OH is 1. The highest BCUT2D eigenvalue weighted by Gasteiger charge is 2.17. The fraction of sp³-hybridized carbons (Fsp3) is 1.00.